The maximum atomic E-state index is 12.9. The third-order valence-corrected chi connectivity index (χ3v) is 2.82. The zero-order valence-corrected chi connectivity index (χ0v) is 10.7. The van der Waals surface area contributed by atoms with Crippen LogP contribution in [-0.2, 0) is 0 Å². The zero-order chi connectivity index (χ0) is 14.7. The minimum atomic E-state index is -0.540. The number of anilines is 1. The predicted molar refractivity (Wildman–Crippen MR) is 72.5 cm³/mol. The number of nitrogens with one attached hydrogen (secondary N) is 1. The molecule has 1 amide bonds. The molecule has 2 rings (SSSR count). The summed E-state index contributed by atoms with van der Waals surface area (Å²) in [4.78, 5) is 21.9. The molecule has 102 valence electrons. The van der Waals surface area contributed by atoms with Gasteiger partial charge in [-0.05, 0) is 30.3 Å². The molecule has 0 atom stereocenters. The van der Waals surface area contributed by atoms with Crippen molar-refractivity contribution in [3.63, 3.8) is 0 Å². The van der Waals surface area contributed by atoms with E-state index in [1.165, 1.54) is 30.3 Å². The Bertz CT molecular complexity index is 674. The number of halogens is 2. The number of hydrogen-bond acceptors (Lipinski definition) is 3. The SMILES string of the molecule is O=C(Nc1ccc([N+](=O)[O-])cc1)c1ccc(F)cc1Cl. The number of amides is 1. The summed E-state index contributed by atoms with van der Waals surface area (Å²) >= 11 is 5.77. The molecule has 0 saturated carbocycles. The second-order valence-corrected chi connectivity index (χ2v) is 4.29. The molecule has 0 aromatic heterocycles. The molecule has 0 heterocycles. The van der Waals surface area contributed by atoms with Gasteiger partial charge in [0.25, 0.3) is 11.6 Å². The van der Waals surface area contributed by atoms with Crippen molar-refractivity contribution in [2.45, 2.75) is 0 Å². The van der Waals surface area contributed by atoms with E-state index in [1.54, 1.807) is 0 Å². The van der Waals surface area contributed by atoms with Gasteiger partial charge in [-0.3, -0.25) is 14.9 Å². The van der Waals surface area contributed by atoms with Gasteiger partial charge in [0, 0.05) is 17.8 Å². The van der Waals surface area contributed by atoms with E-state index in [0.717, 1.165) is 12.1 Å². The lowest BCUT2D eigenvalue weighted by molar-refractivity contribution is -0.384. The molecule has 0 aliphatic carbocycles. The van der Waals surface area contributed by atoms with Crippen molar-refractivity contribution >= 4 is 28.9 Å². The van der Waals surface area contributed by atoms with Gasteiger partial charge in [0.2, 0.25) is 0 Å². The Morgan fingerprint density at radius 1 is 1.20 bits per heavy atom. The second kappa shape index (κ2) is 5.66. The number of nitrogens with zero attached hydrogens (tertiary/aromatic N) is 1. The van der Waals surface area contributed by atoms with Gasteiger partial charge in [-0.1, -0.05) is 11.6 Å². The Morgan fingerprint density at radius 2 is 1.85 bits per heavy atom. The third-order valence-electron chi connectivity index (χ3n) is 2.51. The summed E-state index contributed by atoms with van der Waals surface area (Å²) in [5.41, 5.74) is 0.412. The monoisotopic (exact) mass is 294 g/mol. The first-order valence-electron chi connectivity index (χ1n) is 5.48. The van der Waals surface area contributed by atoms with Gasteiger partial charge >= 0.3 is 0 Å². The molecule has 0 bridgehead atoms. The van der Waals surface area contributed by atoms with Crippen molar-refractivity contribution in [3.8, 4) is 0 Å². The standard InChI is InChI=1S/C13H8ClFN2O3/c14-12-7-8(15)1-6-11(12)13(18)16-9-2-4-10(5-3-9)17(19)20/h1-7H,(H,16,18). The molecule has 0 radical (unpaired) electrons. The Hall–Kier alpha value is -2.47. The molecule has 0 spiro atoms. The van der Waals surface area contributed by atoms with Gasteiger partial charge in [-0.15, -0.1) is 0 Å². The molecule has 5 nitrogen and oxygen atoms in total. The van der Waals surface area contributed by atoms with Crippen molar-refractivity contribution in [1.82, 2.24) is 0 Å². The molecule has 0 fully saturated rings. The number of hydrogen-bond donors (Lipinski definition) is 1. The highest BCUT2D eigenvalue weighted by atomic mass is 35.5. The fraction of sp³-hybridized carbons (Fsp3) is 0. The summed E-state index contributed by atoms with van der Waals surface area (Å²) in [5, 5.41) is 13.0. The molecule has 2 aromatic carbocycles. The van der Waals surface area contributed by atoms with Gasteiger partial charge in [-0.25, -0.2) is 4.39 Å². The summed E-state index contributed by atoms with van der Waals surface area (Å²) in [6, 6.07) is 8.74. The van der Waals surface area contributed by atoms with E-state index < -0.39 is 16.6 Å². The molecular formula is C13H8ClFN2O3. The average Bonchev–Trinajstić information content (AvgIpc) is 2.39. The zero-order valence-electron chi connectivity index (χ0n) is 9.97. The van der Waals surface area contributed by atoms with Crippen LogP contribution in [0.3, 0.4) is 0 Å². The highest BCUT2D eigenvalue weighted by molar-refractivity contribution is 6.34. The fourth-order valence-corrected chi connectivity index (χ4v) is 1.79. The fourth-order valence-electron chi connectivity index (χ4n) is 1.54. The predicted octanol–water partition coefficient (Wildman–Crippen LogP) is 3.64. The van der Waals surface area contributed by atoms with E-state index in [4.69, 9.17) is 11.6 Å². The summed E-state index contributed by atoms with van der Waals surface area (Å²) < 4.78 is 12.9. The summed E-state index contributed by atoms with van der Waals surface area (Å²) in [5.74, 6) is -1.06. The molecule has 0 saturated heterocycles. The van der Waals surface area contributed by atoms with Crippen LogP contribution < -0.4 is 5.32 Å². The highest BCUT2D eigenvalue weighted by Crippen LogP contribution is 2.20. The van der Waals surface area contributed by atoms with Crippen LogP contribution in [0.5, 0.6) is 0 Å². The molecular weight excluding hydrogens is 287 g/mol. The van der Waals surface area contributed by atoms with E-state index in [9.17, 15) is 19.3 Å². The smallest absolute Gasteiger partial charge is 0.269 e. The quantitative estimate of drug-likeness (QED) is 0.694. The molecule has 2 aromatic rings. The number of nitro groups is 1. The van der Waals surface area contributed by atoms with Gasteiger partial charge < -0.3 is 5.32 Å². The van der Waals surface area contributed by atoms with Crippen molar-refractivity contribution < 1.29 is 14.1 Å². The number of non-ortho nitro benzene ring substituents is 1. The van der Waals surface area contributed by atoms with Crippen LogP contribution in [0, 0.1) is 15.9 Å². The van der Waals surface area contributed by atoms with E-state index in [0.29, 0.717) is 5.69 Å². The number of carbonyl (C=O) groups excluding carboxylic acids is 1. The third kappa shape index (κ3) is 3.10. The first kappa shape index (κ1) is 14.0. The van der Waals surface area contributed by atoms with Gasteiger partial charge in [-0.2, -0.15) is 0 Å². The van der Waals surface area contributed by atoms with E-state index in [2.05, 4.69) is 5.32 Å². The maximum Gasteiger partial charge on any atom is 0.269 e. The molecule has 1 N–H and O–H groups in total. The van der Waals surface area contributed by atoms with Crippen molar-refractivity contribution in [2.75, 3.05) is 5.32 Å². The van der Waals surface area contributed by atoms with Crippen LogP contribution in [0.25, 0.3) is 0 Å². The number of benzene rings is 2. The Balaban J connectivity index is 2.17. The lowest BCUT2D eigenvalue weighted by atomic mass is 10.2. The van der Waals surface area contributed by atoms with E-state index >= 15 is 0 Å². The van der Waals surface area contributed by atoms with Crippen LogP contribution in [0.1, 0.15) is 10.4 Å². The average molecular weight is 295 g/mol. The first-order valence-corrected chi connectivity index (χ1v) is 5.86. The topological polar surface area (TPSA) is 72.2 Å². The lowest BCUT2D eigenvalue weighted by Crippen LogP contribution is -2.12. The second-order valence-electron chi connectivity index (χ2n) is 3.88. The summed E-state index contributed by atoms with van der Waals surface area (Å²) in [6.45, 7) is 0. The first-order chi connectivity index (χ1) is 9.47. The number of rotatable bonds is 3. The van der Waals surface area contributed by atoms with Gasteiger partial charge in [0.05, 0.1) is 15.5 Å². The number of carbonyl (C=O) groups is 1. The summed E-state index contributed by atoms with van der Waals surface area (Å²) in [6.07, 6.45) is 0. The lowest BCUT2D eigenvalue weighted by Gasteiger charge is -2.06. The van der Waals surface area contributed by atoms with E-state index in [-0.39, 0.29) is 16.3 Å². The Morgan fingerprint density at radius 3 is 2.40 bits per heavy atom. The Labute approximate surface area is 118 Å². The van der Waals surface area contributed by atoms with Crippen LogP contribution in [0.2, 0.25) is 5.02 Å². The maximum absolute atomic E-state index is 12.9. The molecule has 0 aliphatic heterocycles. The van der Waals surface area contributed by atoms with Gasteiger partial charge in [0.1, 0.15) is 5.82 Å². The number of nitro benzene ring substituents is 1. The molecule has 7 heteroatoms. The van der Waals surface area contributed by atoms with Gasteiger partial charge in [0.15, 0.2) is 0 Å². The minimum absolute atomic E-state index is 0.00980. The van der Waals surface area contributed by atoms with Crippen LogP contribution in [0.15, 0.2) is 42.5 Å². The van der Waals surface area contributed by atoms with Crippen LogP contribution >= 0.6 is 11.6 Å². The van der Waals surface area contributed by atoms with E-state index in [1.807, 2.05) is 0 Å². The van der Waals surface area contributed by atoms with Crippen molar-refractivity contribution in [3.05, 3.63) is 69.0 Å². The largest absolute Gasteiger partial charge is 0.322 e. The van der Waals surface area contributed by atoms with Crippen LogP contribution in [0.4, 0.5) is 15.8 Å². The highest BCUT2D eigenvalue weighted by Gasteiger charge is 2.12. The normalized spacial score (nSPS) is 10.1. The minimum Gasteiger partial charge on any atom is -0.322 e. The van der Waals surface area contributed by atoms with Crippen molar-refractivity contribution in [2.24, 2.45) is 0 Å². The molecule has 0 unspecified atom stereocenters. The van der Waals surface area contributed by atoms with Crippen LogP contribution in [-0.4, -0.2) is 10.8 Å². The molecule has 0 aliphatic rings. The Kier molecular flexibility index (Phi) is 3.95. The summed E-state index contributed by atoms with van der Waals surface area (Å²) in [7, 11) is 0. The molecule has 20 heavy (non-hydrogen) atoms. The van der Waals surface area contributed by atoms with Crippen molar-refractivity contribution in [1.29, 1.82) is 0 Å².